The van der Waals surface area contributed by atoms with Gasteiger partial charge in [-0.1, -0.05) is 12.1 Å². The highest BCUT2D eigenvalue weighted by molar-refractivity contribution is 7.85. The number of pyridine rings is 1. The van der Waals surface area contributed by atoms with E-state index in [1.54, 1.807) is 19.2 Å². The Morgan fingerprint density at radius 1 is 1.25 bits per heavy atom. The maximum absolute atomic E-state index is 12.0. The molecule has 1 unspecified atom stereocenters. The van der Waals surface area contributed by atoms with Crippen LogP contribution in [-0.2, 0) is 15.5 Å². The molecule has 2 fully saturated rings. The maximum atomic E-state index is 12.0. The van der Waals surface area contributed by atoms with Gasteiger partial charge in [0.2, 0.25) is 5.95 Å². The number of anilines is 2. The number of rotatable bonds is 3. The molecule has 1 spiro atoms. The van der Waals surface area contributed by atoms with Gasteiger partial charge in [0.05, 0.1) is 35.6 Å². The maximum Gasteiger partial charge on any atom is 0.251 e. The van der Waals surface area contributed by atoms with Crippen molar-refractivity contribution < 1.29 is 13.7 Å². The van der Waals surface area contributed by atoms with Crippen molar-refractivity contribution in [3.8, 4) is 11.3 Å². The molecule has 0 aliphatic carbocycles. The molecule has 1 aromatic carbocycles. The second-order valence-corrected chi connectivity index (χ2v) is 9.70. The van der Waals surface area contributed by atoms with Crippen molar-refractivity contribution in [2.45, 2.75) is 12.0 Å². The van der Waals surface area contributed by atoms with E-state index in [0.717, 1.165) is 12.0 Å². The van der Waals surface area contributed by atoms with Gasteiger partial charge in [-0.05, 0) is 30.7 Å². The van der Waals surface area contributed by atoms with Crippen molar-refractivity contribution in [2.24, 2.45) is 0 Å². The van der Waals surface area contributed by atoms with Gasteiger partial charge in [-0.3, -0.25) is 9.00 Å². The molecule has 166 valence electrons. The molecule has 32 heavy (non-hydrogen) atoms. The highest BCUT2D eigenvalue weighted by Crippen LogP contribution is 2.32. The Bertz CT molecular complexity index is 1240. The second kappa shape index (κ2) is 8.10. The minimum atomic E-state index is -0.846. The molecular weight excluding hydrogens is 428 g/mol. The van der Waals surface area contributed by atoms with E-state index in [9.17, 15) is 9.00 Å². The summed E-state index contributed by atoms with van der Waals surface area (Å²) in [6, 6.07) is 11.0. The van der Waals surface area contributed by atoms with Gasteiger partial charge in [-0.2, -0.15) is 9.97 Å². The predicted molar refractivity (Wildman–Crippen MR) is 124 cm³/mol. The van der Waals surface area contributed by atoms with Gasteiger partial charge in [0, 0.05) is 41.3 Å². The number of aromatic nitrogens is 3. The lowest BCUT2D eigenvalue weighted by Crippen LogP contribution is -2.53. The van der Waals surface area contributed by atoms with E-state index in [2.05, 4.69) is 10.3 Å². The number of fused-ring (bicyclic) bond motifs is 1. The zero-order valence-electron chi connectivity index (χ0n) is 17.7. The van der Waals surface area contributed by atoms with Crippen LogP contribution in [0, 0.1) is 0 Å². The van der Waals surface area contributed by atoms with E-state index < -0.39 is 16.4 Å². The highest BCUT2D eigenvalue weighted by atomic mass is 32.2. The van der Waals surface area contributed by atoms with Gasteiger partial charge in [0.15, 0.2) is 5.65 Å². The fraction of sp³-hybridized carbons (Fsp3) is 0.364. The van der Waals surface area contributed by atoms with Gasteiger partial charge < -0.3 is 20.7 Å². The number of carbonyl (C=O) groups excluding carboxylic acids is 1. The number of nitrogens with zero attached hydrogens (tertiary/aromatic N) is 4. The third-order valence-electron chi connectivity index (χ3n) is 5.97. The molecule has 2 aliphatic rings. The number of morpholine rings is 1. The van der Waals surface area contributed by atoms with Crippen molar-refractivity contribution in [1.29, 1.82) is 0 Å². The molecule has 0 bridgehead atoms. The standard InChI is InChI=1S/C22H24N6O3S/c1-24-20(29)15-4-2-3-14(11-15)17-6-5-16-18(23)26-21(27-19(16)25-17)28-8-9-31-22(12-28)7-10-32(30)13-22/h2-6,11H,7-10,12-13H2,1H3,(H,24,29)(H2,23,25,26,27)/t22-,32?/m0/s1. The minimum absolute atomic E-state index is 0.157. The fourth-order valence-corrected chi connectivity index (χ4v) is 5.93. The Labute approximate surface area is 187 Å². The number of hydrogen-bond acceptors (Lipinski definition) is 8. The smallest absolute Gasteiger partial charge is 0.251 e. The van der Waals surface area contributed by atoms with Crippen molar-refractivity contribution in [1.82, 2.24) is 20.3 Å². The van der Waals surface area contributed by atoms with E-state index in [4.69, 9.17) is 20.4 Å². The van der Waals surface area contributed by atoms with Crippen LogP contribution in [0.3, 0.4) is 0 Å². The fourth-order valence-electron chi connectivity index (χ4n) is 4.28. The summed E-state index contributed by atoms with van der Waals surface area (Å²) < 4.78 is 18.0. The summed E-state index contributed by atoms with van der Waals surface area (Å²) in [6.45, 7) is 1.74. The highest BCUT2D eigenvalue weighted by Gasteiger charge is 2.43. The van der Waals surface area contributed by atoms with Crippen LogP contribution in [0.25, 0.3) is 22.3 Å². The third-order valence-corrected chi connectivity index (χ3v) is 7.47. The molecule has 3 aromatic rings. The molecule has 5 rings (SSSR count). The van der Waals surface area contributed by atoms with Crippen molar-refractivity contribution >= 4 is 39.5 Å². The molecule has 2 aliphatic heterocycles. The van der Waals surface area contributed by atoms with Crippen molar-refractivity contribution in [2.75, 3.05) is 48.9 Å². The predicted octanol–water partition coefficient (Wildman–Crippen LogP) is 1.36. The summed E-state index contributed by atoms with van der Waals surface area (Å²) in [5.41, 5.74) is 8.39. The number of carbonyl (C=O) groups is 1. The summed E-state index contributed by atoms with van der Waals surface area (Å²) in [5.74, 6) is 1.90. The number of nitrogen functional groups attached to an aromatic ring is 1. The van der Waals surface area contributed by atoms with Gasteiger partial charge in [-0.15, -0.1) is 0 Å². The molecule has 9 nitrogen and oxygen atoms in total. The Kier molecular flexibility index (Phi) is 5.26. The van der Waals surface area contributed by atoms with Crippen LogP contribution in [0.2, 0.25) is 0 Å². The summed E-state index contributed by atoms with van der Waals surface area (Å²) in [6.07, 6.45) is 0.767. The molecule has 2 atom stereocenters. The number of benzene rings is 1. The van der Waals surface area contributed by atoms with Crippen LogP contribution in [0.5, 0.6) is 0 Å². The molecule has 10 heteroatoms. The number of amides is 1. The van der Waals surface area contributed by atoms with Crippen LogP contribution < -0.4 is 16.0 Å². The minimum Gasteiger partial charge on any atom is -0.383 e. The SMILES string of the molecule is CNC(=O)c1cccc(-c2ccc3c(N)nc(N4CCO[C@@]5(CCS(=O)C5)C4)nc3n2)c1. The molecule has 4 heterocycles. The van der Waals surface area contributed by atoms with E-state index in [1.807, 2.05) is 29.2 Å². The Hall–Kier alpha value is -3.11. The molecule has 0 radical (unpaired) electrons. The number of hydrogen-bond donors (Lipinski definition) is 2. The van der Waals surface area contributed by atoms with Gasteiger partial charge in [0.25, 0.3) is 5.91 Å². The van der Waals surface area contributed by atoms with Crippen molar-refractivity contribution in [3.63, 3.8) is 0 Å². The van der Waals surface area contributed by atoms with E-state index >= 15 is 0 Å². The van der Waals surface area contributed by atoms with Gasteiger partial charge in [0.1, 0.15) is 5.82 Å². The summed E-state index contributed by atoms with van der Waals surface area (Å²) >= 11 is 0. The largest absolute Gasteiger partial charge is 0.383 e. The van der Waals surface area contributed by atoms with Crippen LogP contribution in [-0.4, -0.2) is 68.9 Å². The number of nitrogens with two attached hydrogens (primary N) is 1. The average Bonchev–Trinajstić information content (AvgIpc) is 3.17. The lowest BCUT2D eigenvalue weighted by atomic mass is 10.0. The first-order valence-corrected chi connectivity index (χ1v) is 12.0. The normalized spacial score (nSPS) is 23.0. The van der Waals surface area contributed by atoms with Gasteiger partial charge in [-0.25, -0.2) is 4.98 Å². The Morgan fingerprint density at radius 2 is 2.12 bits per heavy atom. The Morgan fingerprint density at radius 3 is 2.91 bits per heavy atom. The summed E-state index contributed by atoms with van der Waals surface area (Å²) in [5, 5.41) is 3.30. The van der Waals surface area contributed by atoms with E-state index in [-0.39, 0.29) is 5.91 Å². The molecule has 2 aromatic heterocycles. The molecule has 1 amide bonds. The average molecular weight is 453 g/mol. The summed E-state index contributed by atoms with van der Waals surface area (Å²) in [4.78, 5) is 28.0. The van der Waals surface area contributed by atoms with E-state index in [1.165, 1.54) is 0 Å². The Balaban J connectivity index is 1.50. The lowest BCUT2D eigenvalue weighted by molar-refractivity contribution is -0.0362. The first-order chi connectivity index (χ1) is 15.5. The van der Waals surface area contributed by atoms with Crippen LogP contribution in [0.1, 0.15) is 16.8 Å². The topological polar surface area (TPSA) is 123 Å². The zero-order chi connectivity index (χ0) is 22.3. The van der Waals surface area contributed by atoms with Crippen LogP contribution in [0.4, 0.5) is 11.8 Å². The first kappa shape index (κ1) is 20.8. The monoisotopic (exact) mass is 452 g/mol. The zero-order valence-corrected chi connectivity index (χ0v) is 18.5. The second-order valence-electron chi connectivity index (χ2n) is 8.13. The quantitative estimate of drug-likeness (QED) is 0.611. The molecule has 2 saturated heterocycles. The number of ether oxygens (including phenoxy) is 1. The summed E-state index contributed by atoms with van der Waals surface area (Å²) in [7, 11) is 0.754. The van der Waals surface area contributed by atoms with E-state index in [0.29, 0.717) is 65.3 Å². The van der Waals surface area contributed by atoms with Crippen molar-refractivity contribution in [3.05, 3.63) is 42.0 Å². The third kappa shape index (κ3) is 3.80. The molecular formula is C22H24N6O3S. The van der Waals surface area contributed by atoms with Gasteiger partial charge >= 0.3 is 0 Å². The van der Waals surface area contributed by atoms with Crippen LogP contribution in [0.15, 0.2) is 36.4 Å². The number of nitrogens with one attached hydrogen (secondary N) is 1. The molecule has 3 N–H and O–H groups in total. The van der Waals surface area contributed by atoms with Crippen LogP contribution >= 0.6 is 0 Å². The molecule has 0 saturated carbocycles. The first-order valence-electron chi connectivity index (χ1n) is 10.5. The lowest BCUT2D eigenvalue weighted by Gasteiger charge is -2.39.